The molecule has 144 valence electrons. The molecule has 8 heteroatoms. The molecule has 1 heterocycles. The van der Waals surface area contributed by atoms with Gasteiger partial charge in [0, 0.05) is 58.3 Å². The number of carbonyl (C=O) groups excluding carboxylic acids is 1. The Balaban J connectivity index is 1.80. The molecule has 0 bridgehead atoms. The van der Waals surface area contributed by atoms with Gasteiger partial charge in [0.05, 0.1) is 6.54 Å². The van der Waals surface area contributed by atoms with E-state index in [1.165, 1.54) is 0 Å². The van der Waals surface area contributed by atoms with Crippen molar-refractivity contribution in [2.45, 2.75) is 20.4 Å². The first-order chi connectivity index (χ1) is 12.5. The van der Waals surface area contributed by atoms with Gasteiger partial charge in [0.25, 0.3) is 0 Å². The summed E-state index contributed by atoms with van der Waals surface area (Å²) in [7, 11) is 0. The Morgan fingerprint density at radius 2 is 1.92 bits per heavy atom. The molecule has 2 N–H and O–H groups in total. The standard InChI is InChI=1S/C18H27F2N5O/c1-3-21-18(23-13-15-12-16(19)4-5-17(15)20)22-6-7-24-8-10-25(11-9-24)14(2)26/h4-5,12H,3,6-11,13H2,1-2H3,(H2,21,22,23). The lowest BCUT2D eigenvalue weighted by Gasteiger charge is -2.34. The van der Waals surface area contributed by atoms with Crippen molar-refractivity contribution in [1.29, 1.82) is 0 Å². The number of hydrogen-bond acceptors (Lipinski definition) is 3. The Morgan fingerprint density at radius 1 is 1.19 bits per heavy atom. The Hall–Kier alpha value is -2.22. The van der Waals surface area contributed by atoms with Crippen LogP contribution in [-0.2, 0) is 11.3 Å². The molecule has 1 amide bonds. The van der Waals surface area contributed by atoms with E-state index < -0.39 is 11.6 Å². The molecule has 1 aliphatic rings. The molecule has 0 aliphatic carbocycles. The van der Waals surface area contributed by atoms with Crippen LogP contribution in [0.25, 0.3) is 0 Å². The van der Waals surface area contributed by atoms with Crippen molar-refractivity contribution in [3.05, 3.63) is 35.4 Å². The van der Waals surface area contributed by atoms with Crippen molar-refractivity contribution in [2.75, 3.05) is 45.8 Å². The second kappa shape index (κ2) is 10.1. The maximum absolute atomic E-state index is 13.7. The minimum absolute atomic E-state index is 0.0657. The van der Waals surface area contributed by atoms with E-state index in [4.69, 9.17) is 0 Å². The lowest BCUT2D eigenvalue weighted by atomic mass is 10.2. The predicted molar refractivity (Wildman–Crippen MR) is 97.9 cm³/mol. The molecule has 0 aromatic heterocycles. The summed E-state index contributed by atoms with van der Waals surface area (Å²) in [4.78, 5) is 19.8. The minimum atomic E-state index is -0.473. The first kappa shape index (κ1) is 20.1. The number of halogens is 2. The third-order valence-corrected chi connectivity index (χ3v) is 4.30. The maximum Gasteiger partial charge on any atom is 0.219 e. The van der Waals surface area contributed by atoms with Gasteiger partial charge in [-0.3, -0.25) is 9.69 Å². The average molecular weight is 367 g/mol. The molecule has 0 unspecified atom stereocenters. The highest BCUT2D eigenvalue weighted by molar-refractivity contribution is 5.79. The summed E-state index contributed by atoms with van der Waals surface area (Å²) in [6.45, 7) is 8.99. The third-order valence-electron chi connectivity index (χ3n) is 4.30. The van der Waals surface area contributed by atoms with E-state index in [2.05, 4.69) is 20.5 Å². The molecule has 0 radical (unpaired) electrons. The molecule has 6 nitrogen and oxygen atoms in total. The van der Waals surface area contributed by atoms with Crippen molar-refractivity contribution >= 4 is 11.9 Å². The second-order valence-corrected chi connectivity index (χ2v) is 6.21. The van der Waals surface area contributed by atoms with Crippen LogP contribution in [0.15, 0.2) is 23.2 Å². The molecular formula is C18H27F2N5O. The Kier molecular flexibility index (Phi) is 7.77. The molecule has 0 spiro atoms. The van der Waals surface area contributed by atoms with Crippen molar-refractivity contribution in [1.82, 2.24) is 20.4 Å². The number of carbonyl (C=O) groups is 1. The highest BCUT2D eigenvalue weighted by Gasteiger charge is 2.17. The molecule has 0 saturated carbocycles. The van der Waals surface area contributed by atoms with E-state index in [-0.39, 0.29) is 18.0 Å². The van der Waals surface area contributed by atoms with E-state index >= 15 is 0 Å². The molecule has 1 aromatic rings. The predicted octanol–water partition coefficient (Wildman–Crippen LogP) is 1.18. The van der Waals surface area contributed by atoms with Crippen LogP contribution in [0, 0.1) is 11.6 Å². The molecule has 1 aliphatic heterocycles. The van der Waals surface area contributed by atoms with Gasteiger partial charge in [-0.05, 0) is 25.1 Å². The monoisotopic (exact) mass is 367 g/mol. The van der Waals surface area contributed by atoms with Gasteiger partial charge in [0.1, 0.15) is 11.6 Å². The summed E-state index contributed by atoms with van der Waals surface area (Å²) in [5.74, 6) is -0.249. The van der Waals surface area contributed by atoms with Crippen LogP contribution < -0.4 is 10.6 Å². The number of hydrogen-bond donors (Lipinski definition) is 2. The smallest absolute Gasteiger partial charge is 0.219 e. The van der Waals surface area contributed by atoms with Gasteiger partial charge in [-0.25, -0.2) is 13.8 Å². The fourth-order valence-electron chi connectivity index (χ4n) is 2.79. The van der Waals surface area contributed by atoms with Crippen LogP contribution in [-0.4, -0.2) is 67.5 Å². The number of rotatable bonds is 6. The van der Waals surface area contributed by atoms with Crippen molar-refractivity contribution in [3.8, 4) is 0 Å². The fraction of sp³-hybridized carbons (Fsp3) is 0.556. The van der Waals surface area contributed by atoms with E-state index in [1.54, 1.807) is 6.92 Å². The summed E-state index contributed by atoms with van der Waals surface area (Å²) < 4.78 is 26.9. The Labute approximate surface area is 153 Å². The summed E-state index contributed by atoms with van der Waals surface area (Å²) in [5.41, 5.74) is 0.225. The van der Waals surface area contributed by atoms with Crippen molar-refractivity contribution in [3.63, 3.8) is 0 Å². The topological polar surface area (TPSA) is 60.0 Å². The maximum atomic E-state index is 13.7. The quantitative estimate of drug-likeness (QED) is 0.586. The number of amides is 1. The van der Waals surface area contributed by atoms with Crippen LogP contribution in [0.2, 0.25) is 0 Å². The number of nitrogens with one attached hydrogen (secondary N) is 2. The van der Waals surface area contributed by atoms with Crippen LogP contribution in [0.1, 0.15) is 19.4 Å². The van der Waals surface area contributed by atoms with E-state index in [1.807, 2.05) is 11.8 Å². The zero-order valence-electron chi connectivity index (χ0n) is 15.4. The third kappa shape index (κ3) is 6.25. The Morgan fingerprint density at radius 3 is 2.58 bits per heavy atom. The summed E-state index contributed by atoms with van der Waals surface area (Å²) >= 11 is 0. The fourth-order valence-corrected chi connectivity index (χ4v) is 2.79. The van der Waals surface area contributed by atoms with Gasteiger partial charge in [0.2, 0.25) is 5.91 Å². The Bertz CT molecular complexity index is 630. The molecule has 1 aromatic carbocycles. The van der Waals surface area contributed by atoms with E-state index in [0.717, 1.165) is 50.9 Å². The van der Waals surface area contributed by atoms with Gasteiger partial charge in [-0.1, -0.05) is 0 Å². The summed E-state index contributed by atoms with van der Waals surface area (Å²) in [6, 6.07) is 3.37. The molecule has 1 fully saturated rings. The van der Waals surface area contributed by atoms with Gasteiger partial charge in [-0.2, -0.15) is 0 Å². The molecule has 1 saturated heterocycles. The average Bonchev–Trinajstić information content (AvgIpc) is 2.62. The molecule has 0 atom stereocenters. The molecular weight excluding hydrogens is 340 g/mol. The number of aliphatic imine (C=N–C) groups is 1. The van der Waals surface area contributed by atoms with Gasteiger partial charge in [-0.15, -0.1) is 0 Å². The van der Waals surface area contributed by atoms with Crippen molar-refractivity contribution in [2.24, 2.45) is 4.99 Å². The number of guanidine groups is 1. The largest absolute Gasteiger partial charge is 0.357 e. The number of nitrogens with zero attached hydrogens (tertiary/aromatic N) is 3. The number of benzene rings is 1. The number of piperazine rings is 1. The lowest BCUT2D eigenvalue weighted by molar-refractivity contribution is -0.130. The van der Waals surface area contributed by atoms with Crippen LogP contribution >= 0.6 is 0 Å². The lowest BCUT2D eigenvalue weighted by Crippen LogP contribution is -2.50. The SMILES string of the molecule is CCNC(=NCc1cc(F)ccc1F)NCCN1CCN(C(C)=O)CC1. The van der Waals surface area contributed by atoms with Gasteiger partial charge in [0.15, 0.2) is 5.96 Å². The molecule has 2 rings (SSSR count). The summed E-state index contributed by atoms with van der Waals surface area (Å²) in [6.07, 6.45) is 0. The molecule has 26 heavy (non-hydrogen) atoms. The van der Waals surface area contributed by atoms with E-state index in [9.17, 15) is 13.6 Å². The van der Waals surface area contributed by atoms with Crippen LogP contribution in [0.3, 0.4) is 0 Å². The first-order valence-electron chi connectivity index (χ1n) is 8.93. The van der Waals surface area contributed by atoms with Crippen LogP contribution in [0.4, 0.5) is 8.78 Å². The van der Waals surface area contributed by atoms with Gasteiger partial charge >= 0.3 is 0 Å². The van der Waals surface area contributed by atoms with Gasteiger partial charge < -0.3 is 15.5 Å². The van der Waals surface area contributed by atoms with Crippen molar-refractivity contribution < 1.29 is 13.6 Å². The summed E-state index contributed by atoms with van der Waals surface area (Å²) in [5, 5.41) is 6.30. The minimum Gasteiger partial charge on any atom is -0.357 e. The second-order valence-electron chi connectivity index (χ2n) is 6.21. The highest BCUT2D eigenvalue weighted by atomic mass is 19.1. The normalized spacial score (nSPS) is 15.8. The highest BCUT2D eigenvalue weighted by Crippen LogP contribution is 2.10. The zero-order chi connectivity index (χ0) is 18.9. The van der Waals surface area contributed by atoms with Crippen LogP contribution in [0.5, 0.6) is 0 Å². The van der Waals surface area contributed by atoms with E-state index in [0.29, 0.717) is 19.0 Å². The zero-order valence-corrected chi connectivity index (χ0v) is 15.4. The first-order valence-corrected chi connectivity index (χ1v) is 8.93.